The number of thioether (sulfide) groups is 1. The molecule has 27 heavy (non-hydrogen) atoms. The van der Waals surface area contributed by atoms with Crippen LogP contribution >= 0.6 is 11.8 Å². The van der Waals surface area contributed by atoms with E-state index in [1.807, 2.05) is 32.9 Å². The molecule has 0 atom stereocenters. The Balaban J connectivity index is 1.90. The zero-order chi connectivity index (χ0) is 19.8. The smallest absolute Gasteiger partial charge is 0.239 e. The fourth-order valence-electron chi connectivity index (χ4n) is 2.47. The van der Waals surface area contributed by atoms with E-state index in [9.17, 15) is 9.59 Å². The van der Waals surface area contributed by atoms with Gasteiger partial charge in [0.05, 0.1) is 12.3 Å². The Hall–Kier alpha value is -2.35. The SMILES string of the molecule is CCc1ccc(-c2nc(SCC(=O)N(CC)CC(=O)NC(C)C)n[nH]2)cc1. The first kappa shape index (κ1) is 21.0. The molecule has 0 saturated carbocycles. The van der Waals surface area contributed by atoms with Gasteiger partial charge in [0.1, 0.15) is 0 Å². The summed E-state index contributed by atoms with van der Waals surface area (Å²) >= 11 is 1.26. The van der Waals surface area contributed by atoms with Crippen LogP contribution in [0.15, 0.2) is 29.4 Å². The first-order chi connectivity index (χ1) is 12.9. The second kappa shape index (κ2) is 10.1. The summed E-state index contributed by atoms with van der Waals surface area (Å²) in [6.45, 7) is 8.30. The highest BCUT2D eigenvalue weighted by Gasteiger charge is 2.17. The number of aromatic amines is 1. The molecule has 0 saturated heterocycles. The maximum atomic E-state index is 12.4. The van der Waals surface area contributed by atoms with Gasteiger partial charge in [0.25, 0.3) is 0 Å². The molecule has 0 spiro atoms. The van der Waals surface area contributed by atoms with Crippen molar-refractivity contribution in [3.63, 3.8) is 0 Å². The van der Waals surface area contributed by atoms with Crippen molar-refractivity contribution in [1.82, 2.24) is 25.4 Å². The van der Waals surface area contributed by atoms with Gasteiger partial charge in [-0.2, -0.15) is 0 Å². The van der Waals surface area contributed by atoms with Gasteiger partial charge >= 0.3 is 0 Å². The third-order valence-corrected chi connectivity index (χ3v) is 4.78. The standard InChI is InChI=1S/C19H27N5O2S/c1-5-14-7-9-15(10-8-14)18-21-19(23-22-18)27-12-17(26)24(6-2)11-16(25)20-13(3)4/h7-10,13H,5-6,11-12H2,1-4H3,(H,20,25)(H,21,22,23). The fourth-order valence-corrected chi connectivity index (χ4v) is 3.17. The summed E-state index contributed by atoms with van der Waals surface area (Å²) < 4.78 is 0. The van der Waals surface area contributed by atoms with Crippen molar-refractivity contribution in [2.24, 2.45) is 0 Å². The van der Waals surface area contributed by atoms with Crippen molar-refractivity contribution in [3.05, 3.63) is 29.8 Å². The first-order valence-corrected chi connectivity index (χ1v) is 10.1. The minimum Gasteiger partial charge on any atom is -0.352 e. The summed E-state index contributed by atoms with van der Waals surface area (Å²) in [5.41, 5.74) is 2.22. The lowest BCUT2D eigenvalue weighted by molar-refractivity contribution is -0.134. The molecule has 2 N–H and O–H groups in total. The minimum atomic E-state index is -0.152. The summed E-state index contributed by atoms with van der Waals surface area (Å²) in [4.78, 5) is 30.2. The second-order valence-corrected chi connectivity index (χ2v) is 7.38. The van der Waals surface area contributed by atoms with Crippen molar-refractivity contribution < 1.29 is 9.59 Å². The van der Waals surface area contributed by atoms with Gasteiger partial charge in [0, 0.05) is 18.2 Å². The molecular weight excluding hydrogens is 362 g/mol. The molecule has 1 heterocycles. The summed E-state index contributed by atoms with van der Waals surface area (Å²) in [6, 6.07) is 8.19. The molecular formula is C19H27N5O2S. The number of nitrogens with zero attached hydrogens (tertiary/aromatic N) is 3. The lowest BCUT2D eigenvalue weighted by Gasteiger charge is -2.20. The van der Waals surface area contributed by atoms with E-state index in [-0.39, 0.29) is 30.2 Å². The Kier molecular flexibility index (Phi) is 7.84. The number of carbonyl (C=O) groups is 2. The average Bonchev–Trinajstić information content (AvgIpc) is 3.12. The van der Waals surface area contributed by atoms with Gasteiger partial charge in [-0.25, -0.2) is 4.98 Å². The zero-order valence-corrected chi connectivity index (χ0v) is 17.1. The van der Waals surface area contributed by atoms with Crippen LogP contribution in [-0.2, 0) is 16.0 Å². The number of amides is 2. The predicted octanol–water partition coefficient (Wildman–Crippen LogP) is 2.50. The van der Waals surface area contributed by atoms with Gasteiger partial charge in [0.2, 0.25) is 17.0 Å². The van der Waals surface area contributed by atoms with Crippen LogP contribution in [0.1, 0.15) is 33.3 Å². The minimum absolute atomic E-state index is 0.0544. The van der Waals surface area contributed by atoms with Crippen LogP contribution in [0.4, 0.5) is 0 Å². The number of carbonyl (C=O) groups excluding carboxylic acids is 2. The number of likely N-dealkylation sites (N-methyl/N-ethyl adjacent to an activating group) is 1. The van der Waals surface area contributed by atoms with Gasteiger partial charge in [-0.05, 0) is 32.8 Å². The van der Waals surface area contributed by atoms with Crippen molar-refractivity contribution in [1.29, 1.82) is 0 Å². The van der Waals surface area contributed by atoms with Gasteiger partial charge in [-0.3, -0.25) is 14.7 Å². The molecule has 7 nitrogen and oxygen atoms in total. The number of hydrogen-bond acceptors (Lipinski definition) is 5. The number of aryl methyl sites for hydroxylation is 1. The van der Waals surface area contributed by atoms with Crippen LogP contribution in [0.3, 0.4) is 0 Å². The molecule has 0 aliphatic heterocycles. The second-order valence-electron chi connectivity index (χ2n) is 6.44. The van der Waals surface area contributed by atoms with Crippen molar-refractivity contribution in [3.8, 4) is 11.4 Å². The lowest BCUT2D eigenvalue weighted by Crippen LogP contribution is -2.43. The normalized spacial score (nSPS) is 10.9. The number of benzene rings is 1. The number of aromatic nitrogens is 3. The van der Waals surface area contributed by atoms with Gasteiger partial charge in [0.15, 0.2) is 5.82 Å². The molecule has 0 fully saturated rings. The van der Waals surface area contributed by atoms with E-state index in [1.54, 1.807) is 0 Å². The molecule has 1 aromatic heterocycles. The van der Waals surface area contributed by atoms with E-state index in [2.05, 4.69) is 39.6 Å². The van der Waals surface area contributed by atoms with Crippen LogP contribution in [0.2, 0.25) is 0 Å². The van der Waals surface area contributed by atoms with Gasteiger partial charge in [-0.15, -0.1) is 5.10 Å². The molecule has 2 amide bonds. The summed E-state index contributed by atoms with van der Waals surface area (Å²) in [6.07, 6.45) is 0.989. The van der Waals surface area contributed by atoms with Crippen molar-refractivity contribution >= 4 is 23.6 Å². The number of hydrogen-bond donors (Lipinski definition) is 2. The van der Waals surface area contributed by atoms with Crippen LogP contribution in [0.5, 0.6) is 0 Å². The number of H-pyrrole nitrogens is 1. The molecule has 2 rings (SSSR count). The summed E-state index contributed by atoms with van der Waals surface area (Å²) in [5, 5.41) is 10.4. The third-order valence-electron chi connectivity index (χ3n) is 3.94. The highest BCUT2D eigenvalue weighted by Crippen LogP contribution is 2.20. The van der Waals surface area contributed by atoms with E-state index < -0.39 is 0 Å². The average molecular weight is 390 g/mol. The van der Waals surface area contributed by atoms with E-state index in [4.69, 9.17) is 0 Å². The Morgan fingerprint density at radius 1 is 1.22 bits per heavy atom. The van der Waals surface area contributed by atoms with Crippen LogP contribution in [-0.4, -0.2) is 56.8 Å². The van der Waals surface area contributed by atoms with Crippen molar-refractivity contribution in [2.45, 2.75) is 45.3 Å². The van der Waals surface area contributed by atoms with E-state index in [1.165, 1.54) is 22.2 Å². The Morgan fingerprint density at radius 2 is 1.93 bits per heavy atom. The summed E-state index contributed by atoms with van der Waals surface area (Å²) in [5.74, 6) is 0.603. The molecule has 0 bridgehead atoms. The largest absolute Gasteiger partial charge is 0.352 e. The predicted molar refractivity (Wildman–Crippen MR) is 107 cm³/mol. The maximum Gasteiger partial charge on any atom is 0.239 e. The molecule has 2 aromatic rings. The monoisotopic (exact) mass is 389 g/mol. The van der Waals surface area contributed by atoms with E-state index in [0.29, 0.717) is 17.5 Å². The topological polar surface area (TPSA) is 91.0 Å². The lowest BCUT2D eigenvalue weighted by atomic mass is 10.1. The van der Waals surface area contributed by atoms with Crippen LogP contribution in [0.25, 0.3) is 11.4 Å². The molecule has 0 unspecified atom stereocenters. The quantitative estimate of drug-likeness (QED) is 0.643. The van der Waals surface area contributed by atoms with Crippen molar-refractivity contribution in [2.75, 3.05) is 18.8 Å². The molecule has 0 aliphatic rings. The Labute approximate surface area is 164 Å². The molecule has 0 aliphatic carbocycles. The Morgan fingerprint density at radius 3 is 2.52 bits per heavy atom. The summed E-state index contributed by atoms with van der Waals surface area (Å²) in [7, 11) is 0. The van der Waals surface area contributed by atoms with Crippen LogP contribution in [0, 0.1) is 0 Å². The molecule has 8 heteroatoms. The molecule has 146 valence electrons. The van der Waals surface area contributed by atoms with E-state index >= 15 is 0 Å². The highest BCUT2D eigenvalue weighted by molar-refractivity contribution is 7.99. The van der Waals surface area contributed by atoms with E-state index in [0.717, 1.165) is 12.0 Å². The zero-order valence-electron chi connectivity index (χ0n) is 16.3. The third kappa shape index (κ3) is 6.39. The molecule has 1 aromatic carbocycles. The fraction of sp³-hybridized carbons (Fsp3) is 0.474. The highest BCUT2D eigenvalue weighted by atomic mass is 32.2. The first-order valence-electron chi connectivity index (χ1n) is 9.14. The number of rotatable bonds is 9. The number of nitrogens with one attached hydrogen (secondary N) is 2. The van der Waals surface area contributed by atoms with Gasteiger partial charge < -0.3 is 10.2 Å². The molecule has 0 radical (unpaired) electrons. The van der Waals surface area contributed by atoms with Gasteiger partial charge in [-0.1, -0.05) is 43.0 Å². The van der Waals surface area contributed by atoms with Crippen LogP contribution < -0.4 is 5.32 Å². The maximum absolute atomic E-state index is 12.4. The Bertz CT molecular complexity index is 758.